The van der Waals surface area contributed by atoms with E-state index in [2.05, 4.69) is 5.32 Å². The number of aryl methyl sites for hydroxylation is 1. The molecule has 1 aliphatic rings. The molecule has 0 fully saturated rings. The highest BCUT2D eigenvalue weighted by atomic mass is 35.5. The average molecular weight is 384 g/mol. The van der Waals surface area contributed by atoms with Crippen LogP contribution in [0.3, 0.4) is 0 Å². The highest BCUT2D eigenvalue weighted by Crippen LogP contribution is 2.35. The summed E-state index contributed by atoms with van der Waals surface area (Å²) in [5.74, 6) is -4.68. The zero-order chi connectivity index (χ0) is 19.7. The number of carbonyl (C=O) groups is 4. The van der Waals surface area contributed by atoms with E-state index in [0.717, 1.165) is 5.56 Å². The van der Waals surface area contributed by atoms with Crippen LogP contribution in [0.4, 0.5) is 5.69 Å². The van der Waals surface area contributed by atoms with Gasteiger partial charge in [0.15, 0.2) is 11.6 Å². The lowest BCUT2D eigenvalue weighted by molar-refractivity contribution is -0.131. The summed E-state index contributed by atoms with van der Waals surface area (Å²) in [6, 6.07) is 13.3. The van der Waals surface area contributed by atoms with E-state index in [9.17, 15) is 19.2 Å². The van der Waals surface area contributed by atoms with Crippen LogP contribution in [-0.4, -0.2) is 28.6 Å². The summed E-state index contributed by atoms with van der Waals surface area (Å²) in [4.78, 5) is 50.6. The van der Waals surface area contributed by atoms with Gasteiger partial charge in [-0.2, -0.15) is 0 Å². The second kappa shape index (κ2) is 7.45. The predicted octanol–water partition coefficient (Wildman–Crippen LogP) is 3.44. The van der Waals surface area contributed by atoms with Crippen LogP contribution in [0.1, 0.15) is 33.2 Å². The molecule has 27 heavy (non-hydrogen) atoms. The van der Waals surface area contributed by atoms with Crippen LogP contribution in [-0.2, 0) is 9.59 Å². The van der Waals surface area contributed by atoms with Crippen molar-refractivity contribution in [1.82, 2.24) is 0 Å². The third kappa shape index (κ3) is 3.55. The van der Waals surface area contributed by atoms with Crippen molar-refractivity contribution in [3.8, 4) is 0 Å². The molecule has 0 radical (unpaired) electrons. The Labute approximate surface area is 161 Å². The summed E-state index contributed by atoms with van der Waals surface area (Å²) in [6.45, 7) is 3.13. The molecule has 0 aliphatic heterocycles. The molecule has 5 nitrogen and oxygen atoms in total. The van der Waals surface area contributed by atoms with Gasteiger partial charge in [-0.25, -0.2) is 0 Å². The molecule has 0 saturated heterocycles. The van der Waals surface area contributed by atoms with Crippen molar-refractivity contribution < 1.29 is 19.2 Å². The second-order valence-electron chi connectivity index (χ2n) is 6.65. The van der Waals surface area contributed by atoms with E-state index in [1.54, 1.807) is 24.3 Å². The number of alkyl halides is 1. The van der Waals surface area contributed by atoms with Crippen LogP contribution >= 0.6 is 11.6 Å². The maximum atomic E-state index is 13.0. The van der Waals surface area contributed by atoms with Crippen LogP contribution < -0.4 is 5.32 Å². The Morgan fingerprint density at radius 3 is 2.07 bits per heavy atom. The van der Waals surface area contributed by atoms with Crippen molar-refractivity contribution in [2.75, 3.05) is 5.32 Å². The smallest absolute Gasteiger partial charge is 0.235 e. The SMILES string of the molecule is CC(=O)[C@H](C(=O)Nc1ccc(C)cc1)[C@H]1C(=O)c2ccccc2C(=O)[C@H]1Cl. The van der Waals surface area contributed by atoms with Gasteiger partial charge in [0.05, 0.1) is 5.92 Å². The minimum atomic E-state index is -1.35. The molecule has 3 atom stereocenters. The zero-order valence-corrected chi connectivity index (χ0v) is 15.6. The molecule has 6 heteroatoms. The highest BCUT2D eigenvalue weighted by molar-refractivity contribution is 6.39. The van der Waals surface area contributed by atoms with Crippen molar-refractivity contribution >= 4 is 40.5 Å². The number of carbonyl (C=O) groups excluding carboxylic acids is 4. The molecule has 1 aliphatic carbocycles. The highest BCUT2D eigenvalue weighted by Gasteiger charge is 2.48. The Morgan fingerprint density at radius 2 is 1.52 bits per heavy atom. The summed E-state index contributed by atoms with van der Waals surface area (Å²) >= 11 is 6.26. The quantitative estimate of drug-likeness (QED) is 0.647. The van der Waals surface area contributed by atoms with Crippen LogP contribution in [0.5, 0.6) is 0 Å². The Morgan fingerprint density at radius 1 is 0.963 bits per heavy atom. The fourth-order valence-electron chi connectivity index (χ4n) is 3.31. The average Bonchev–Trinajstić information content (AvgIpc) is 2.64. The van der Waals surface area contributed by atoms with Crippen molar-refractivity contribution in [3.63, 3.8) is 0 Å². The van der Waals surface area contributed by atoms with Gasteiger partial charge in [-0.05, 0) is 26.0 Å². The number of amides is 1. The summed E-state index contributed by atoms with van der Waals surface area (Å²) in [6.07, 6.45) is 0. The Kier molecular flexibility index (Phi) is 5.24. The third-order valence-corrected chi connectivity index (χ3v) is 5.19. The molecule has 1 amide bonds. The van der Waals surface area contributed by atoms with Gasteiger partial charge in [-0.15, -0.1) is 11.6 Å². The first kappa shape index (κ1) is 19.0. The monoisotopic (exact) mass is 383 g/mol. The summed E-state index contributed by atoms with van der Waals surface area (Å²) in [7, 11) is 0. The fourth-order valence-corrected chi connectivity index (χ4v) is 3.69. The van der Waals surface area contributed by atoms with Gasteiger partial charge in [0, 0.05) is 16.8 Å². The lowest BCUT2D eigenvalue weighted by Gasteiger charge is -2.31. The molecule has 0 aromatic heterocycles. The van der Waals surface area contributed by atoms with Crippen molar-refractivity contribution in [1.29, 1.82) is 0 Å². The molecule has 3 rings (SSSR count). The van der Waals surface area contributed by atoms with Crippen LogP contribution in [0.2, 0.25) is 0 Å². The molecule has 0 bridgehead atoms. The summed E-state index contributed by atoms with van der Waals surface area (Å²) < 4.78 is 0. The van der Waals surface area contributed by atoms with Gasteiger partial charge in [0.1, 0.15) is 17.1 Å². The van der Waals surface area contributed by atoms with Crippen LogP contribution in [0.25, 0.3) is 0 Å². The number of Topliss-reactive ketones (excluding diaryl/α,β-unsaturated/α-hetero) is 3. The lowest BCUT2D eigenvalue weighted by Crippen LogP contribution is -2.48. The van der Waals surface area contributed by atoms with E-state index in [0.29, 0.717) is 5.69 Å². The van der Waals surface area contributed by atoms with Crippen LogP contribution in [0, 0.1) is 18.8 Å². The third-order valence-electron chi connectivity index (χ3n) is 4.73. The standard InChI is InChI=1S/C21H18ClNO4/c1-11-7-9-13(10-8-11)23-21(27)16(12(2)24)17-18(22)20(26)15-6-4-3-5-14(15)19(17)25/h3-10,16-18H,1-2H3,(H,23,27)/t16-,17+,18-/m0/s1. The number of rotatable bonds is 4. The number of fused-ring (bicyclic) bond motifs is 1. The minimum Gasteiger partial charge on any atom is -0.325 e. The number of anilines is 1. The van der Waals surface area contributed by atoms with E-state index in [-0.39, 0.29) is 11.1 Å². The fraction of sp³-hybridized carbons (Fsp3) is 0.238. The zero-order valence-electron chi connectivity index (χ0n) is 14.9. The van der Waals surface area contributed by atoms with Gasteiger partial charge in [0.2, 0.25) is 5.91 Å². The van der Waals surface area contributed by atoms with Gasteiger partial charge in [0.25, 0.3) is 0 Å². The number of ketones is 3. The predicted molar refractivity (Wildman–Crippen MR) is 102 cm³/mol. The first-order chi connectivity index (χ1) is 12.8. The Balaban J connectivity index is 1.96. The second-order valence-corrected chi connectivity index (χ2v) is 7.12. The molecule has 0 spiro atoms. The van der Waals surface area contributed by atoms with E-state index in [4.69, 9.17) is 11.6 Å². The number of nitrogens with one attached hydrogen (secondary N) is 1. The van der Waals surface area contributed by atoms with Crippen molar-refractivity contribution in [2.45, 2.75) is 19.2 Å². The molecule has 0 unspecified atom stereocenters. The van der Waals surface area contributed by atoms with E-state index < -0.39 is 40.5 Å². The summed E-state index contributed by atoms with van der Waals surface area (Å²) in [5.41, 5.74) is 1.93. The van der Waals surface area contributed by atoms with Crippen molar-refractivity contribution in [3.05, 3.63) is 65.2 Å². The number of halogens is 1. The van der Waals surface area contributed by atoms with Gasteiger partial charge < -0.3 is 5.32 Å². The van der Waals surface area contributed by atoms with E-state index in [1.807, 2.05) is 19.1 Å². The molecule has 2 aromatic carbocycles. The maximum absolute atomic E-state index is 13.0. The Bertz CT molecular complexity index is 935. The maximum Gasteiger partial charge on any atom is 0.235 e. The lowest BCUT2D eigenvalue weighted by atomic mass is 9.73. The minimum absolute atomic E-state index is 0.193. The molecule has 138 valence electrons. The Hall–Kier alpha value is -2.79. The summed E-state index contributed by atoms with van der Waals surface area (Å²) in [5, 5.41) is 1.37. The first-order valence-corrected chi connectivity index (χ1v) is 8.94. The number of benzene rings is 2. The molecule has 2 aromatic rings. The van der Waals surface area contributed by atoms with Gasteiger partial charge >= 0.3 is 0 Å². The van der Waals surface area contributed by atoms with Gasteiger partial charge in [-0.3, -0.25) is 19.2 Å². The normalized spacial score (nSPS) is 20.0. The molecular formula is C21H18ClNO4. The number of hydrogen-bond donors (Lipinski definition) is 1. The van der Waals surface area contributed by atoms with E-state index in [1.165, 1.54) is 19.1 Å². The first-order valence-electron chi connectivity index (χ1n) is 8.50. The number of hydrogen-bond acceptors (Lipinski definition) is 4. The van der Waals surface area contributed by atoms with E-state index >= 15 is 0 Å². The largest absolute Gasteiger partial charge is 0.325 e. The van der Waals surface area contributed by atoms with Crippen molar-refractivity contribution in [2.24, 2.45) is 11.8 Å². The molecule has 1 N–H and O–H groups in total. The van der Waals surface area contributed by atoms with Crippen LogP contribution in [0.15, 0.2) is 48.5 Å². The van der Waals surface area contributed by atoms with Gasteiger partial charge in [-0.1, -0.05) is 42.0 Å². The topological polar surface area (TPSA) is 80.3 Å². The molecular weight excluding hydrogens is 366 g/mol. The molecule has 0 saturated carbocycles. The molecule has 0 heterocycles.